The first-order valence-electron chi connectivity index (χ1n) is 9.99. The van der Waals surface area contributed by atoms with E-state index < -0.39 is 17.2 Å². The lowest BCUT2D eigenvalue weighted by Gasteiger charge is -2.36. The Morgan fingerprint density at radius 2 is 1.89 bits per heavy atom. The summed E-state index contributed by atoms with van der Waals surface area (Å²) in [5.41, 5.74) is 6.38. The monoisotopic (exact) mass is 380 g/mol. The fourth-order valence-electron chi connectivity index (χ4n) is 4.72. The Labute approximate surface area is 159 Å². The number of hydrogen-bond donors (Lipinski definition) is 2. The molecular formula is C21H30F2N2O2. The maximum atomic E-state index is 14.2. The molecule has 0 aromatic heterocycles. The molecule has 150 valence electrons. The van der Waals surface area contributed by atoms with Gasteiger partial charge in [0.15, 0.2) is 0 Å². The van der Waals surface area contributed by atoms with Crippen LogP contribution in [0.3, 0.4) is 0 Å². The number of carbonyl (C=O) groups excluding carboxylic acids is 1. The van der Waals surface area contributed by atoms with E-state index >= 15 is 0 Å². The summed E-state index contributed by atoms with van der Waals surface area (Å²) < 4.78 is 32.9. The average Bonchev–Trinajstić information content (AvgIpc) is 2.63. The minimum atomic E-state index is -0.635. The first-order chi connectivity index (χ1) is 12.9. The second kappa shape index (κ2) is 8.65. The minimum Gasteiger partial charge on any atom is -0.381 e. The highest BCUT2D eigenvalue weighted by molar-refractivity contribution is 5.84. The topological polar surface area (TPSA) is 64.3 Å². The zero-order valence-corrected chi connectivity index (χ0v) is 16.0. The summed E-state index contributed by atoms with van der Waals surface area (Å²) in [6.07, 6.45) is 6.11. The quantitative estimate of drug-likeness (QED) is 0.793. The van der Waals surface area contributed by atoms with E-state index in [2.05, 4.69) is 5.32 Å². The predicted octanol–water partition coefficient (Wildman–Crippen LogP) is 3.56. The van der Waals surface area contributed by atoms with Gasteiger partial charge in [-0.1, -0.05) is 0 Å². The lowest BCUT2D eigenvalue weighted by molar-refractivity contribution is -0.128. The summed E-state index contributed by atoms with van der Waals surface area (Å²) in [7, 11) is 0. The number of rotatable bonds is 6. The number of halogens is 2. The molecule has 1 aromatic carbocycles. The molecule has 1 saturated heterocycles. The van der Waals surface area contributed by atoms with Crippen molar-refractivity contribution in [2.45, 2.75) is 63.3 Å². The van der Waals surface area contributed by atoms with Crippen LogP contribution in [0.4, 0.5) is 8.78 Å². The summed E-state index contributed by atoms with van der Waals surface area (Å²) in [4.78, 5) is 11.9. The number of hydrogen-bond acceptors (Lipinski definition) is 3. The van der Waals surface area contributed by atoms with Crippen molar-refractivity contribution in [3.63, 3.8) is 0 Å². The van der Waals surface area contributed by atoms with E-state index in [1.165, 1.54) is 6.07 Å². The molecule has 1 aliphatic carbocycles. The van der Waals surface area contributed by atoms with E-state index in [0.717, 1.165) is 44.7 Å². The van der Waals surface area contributed by atoms with Gasteiger partial charge in [0.2, 0.25) is 5.91 Å². The predicted molar refractivity (Wildman–Crippen MR) is 100 cm³/mol. The van der Waals surface area contributed by atoms with E-state index in [1.54, 1.807) is 6.92 Å². The largest absolute Gasteiger partial charge is 0.381 e. The highest BCUT2D eigenvalue weighted by atomic mass is 19.1. The number of nitrogens with one attached hydrogen (secondary N) is 1. The first kappa shape index (κ1) is 20.2. The molecule has 1 saturated carbocycles. The molecule has 0 bridgehead atoms. The zero-order chi connectivity index (χ0) is 19.4. The van der Waals surface area contributed by atoms with Crippen LogP contribution >= 0.6 is 0 Å². The molecule has 1 amide bonds. The molecular weight excluding hydrogens is 350 g/mol. The molecule has 1 aliphatic heterocycles. The fourth-order valence-corrected chi connectivity index (χ4v) is 4.72. The Bertz CT molecular complexity index is 643. The lowest BCUT2D eigenvalue weighted by Crippen LogP contribution is -2.58. The van der Waals surface area contributed by atoms with Gasteiger partial charge < -0.3 is 15.8 Å². The summed E-state index contributed by atoms with van der Waals surface area (Å²) in [6, 6.07) is 2.42. The van der Waals surface area contributed by atoms with Gasteiger partial charge in [-0.25, -0.2) is 8.78 Å². The summed E-state index contributed by atoms with van der Waals surface area (Å²) in [6.45, 7) is 3.66. The Morgan fingerprint density at radius 1 is 1.22 bits per heavy atom. The summed E-state index contributed by atoms with van der Waals surface area (Å²) in [5, 5.41) is 3.39. The van der Waals surface area contributed by atoms with E-state index in [9.17, 15) is 13.6 Å². The van der Waals surface area contributed by atoms with Gasteiger partial charge in [0.25, 0.3) is 0 Å². The third-order valence-corrected chi connectivity index (χ3v) is 6.39. The van der Waals surface area contributed by atoms with Crippen molar-refractivity contribution in [1.82, 2.24) is 5.32 Å². The molecule has 1 aromatic rings. The van der Waals surface area contributed by atoms with Gasteiger partial charge in [-0.05, 0) is 87.4 Å². The van der Waals surface area contributed by atoms with Crippen LogP contribution in [0.1, 0.15) is 62.0 Å². The lowest BCUT2D eigenvalue weighted by atomic mass is 9.76. The van der Waals surface area contributed by atoms with Crippen LogP contribution in [0.5, 0.6) is 0 Å². The van der Waals surface area contributed by atoms with Crippen LogP contribution in [0.25, 0.3) is 0 Å². The number of amides is 1. The number of primary amides is 1. The molecule has 0 radical (unpaired) electrons. The van der Waals surface area contributed by atoms with Crippen molar-refractivity contribution in [3.05, 3.63) is 34.9 Å². The molecule has 6 heteroatoms. The van der Waals surface area contributed by atoms with Crippen molar-refractivity contribution in [2.24, 2.45) is 11.7 Å². The molecule has 4 nitrogen and oxygen atoms in total. The van der Waals surface area contributed by atoms with E-state index in [1.807, 2.05) is 0 Å². The summed E-state index contributed by atoms with van der Waals surface area (Å²) >= 11 is 0. The van der Waals surface area contributed by atoms with Crippen LogP contribution in [0.15, 0.2) is 12.1 Å². The smallest absolute Gasteiger partial charge is 0.237 e. The second-order valence-corrected chi connectivity index (χ2v) is 8.11. The Kier molecular flexibility index (Phi) is 6.48. The molecule has 27 heavy (non-hydrogen) atoms. The Morgan fingerprint density at radius 3 is 2.48 bits per heavy atom. The molecule has 2 aliphatic rings. The van der Waals surface area contributed by atoms with Crippen LogP contribution in [0, 0.1) is 24.5 Å². The number of carbonyl (C=O) groups is 1. The Hall–Kier alpha value is -1.53. The Balaban J connectivity index is 1.49. The van der Waals surface area contributed by atoms with E-state index in [-0.39, 0.29) is 11.8 Å². The van der Waals surface area contributed by atoms with E-state index in [0.29, 0.717) is 43.1 Å². The molecule has 3 N–H and O–H groups in total. The molecule has 0 atom stereocenters. The van der Waals surface area contributed by atoms with Gasteiger partial charge in [-0.15, -0.1) is 0 Å². The molecule has 1 heterocycles. The third-order valence-electron chi connectivity index (χ3n) is 6.39. The normalized spacial score (nSPS) is 25.3. The van der Waals surface area contributed by atoms with Crippen molar-refractivity contribution >= 4 is 5.91 Å². The minimum absolute atomic E-state index is 0.169. The van der Waals surface area contributed by atoms with Crippen LogP contribution < -0.4 is 11.1 Å². The van der Waals surface area contributed by atoms with Gasteiger partial charge in [0, 0.05) is 19.3 Å². The maximum Gasteiger partial charge on any atom is 0.237 e. The van der Waals surface area contributed by atoms with Crippen LogP contribution in [-0.2, 0) is 9.53 Å². The third kappa shape index (κ3) is 4.66. The highest BCUT2D eigenvalue weighted by Gasteiger charge is 2.38. The zero-order valence-electron chi connectivity index (χ0n) is 16.0. The molecule has 0 spiro atoms. The summed E-state index contributed by atoms with van der Waals surface area (Å²) in [5.74, 6) is -0.494. The first-order valence-corrected chi connectivity index (χ1v) is 9.99. The van der Waals surface area contributed by atoms with Crippen molar-refractivity contribution < 1.29 is 18.3 Å². The van der Waals surface area contributed by atoms with Crippen molar-refractivity contribution in [2.75, 3.05) is 19.8 Å². The number of benzene rings is 1. The van der Waals surface area contributed by atoms with Gasteiger partial charge in [-0.3, -0.25) is 4.79 Å². The number of nitrogens with two attached hydrogens (primary N) is 1. The molecule has 2 fully saturated rings. The average molecular weight is 380 g/mol. The van der Waals surface area contributed by atoms with Crippen molar-refractivity contribution in [3.8, 4) is 0 Å². The van der Waals surface area contributed by atoms with Gasteiger partial charge >= 0.3 is 0 Å². The van der Waals surface area contributed by atoms with Crippen molar-refractivity contribution in [1.29, 1.82) is 0 Å². The van der Waals surface area contributed by atoms with Gasteiger partial charge in [0.1, 0.15) is 17.2 Å². The molecule has 3 rings (SSSR count). The maximum absolute atomic E-state index is 14.2. The SMILES string of the molecule is Cc1cc(F)cc(F)c1[C@H]1CC[C@H](CCNC2(C(N)=O)CCOCC2)CC1. The second-order valence-electron chi connectivity index (χ2n) is 8.11. The van der Waals surface area contributed by atoms with E-state index in [4.69, 9.17) is 10.5 Å². The fraction of sp³-hybridized carbons (Fsp3) is 0.667. The molecule has 0 unspecified atom stereocenters. The highest BCUT2D eigenvalue weighted by Crippen LogP contribution is 2.39. The number of aryl methyl sites for hydroxylation is 1. The van der Waals surface area contributed by atoms with Gasteiger partial charge in [0.05, 0.1) is 0 Å². The standard InChI is InChI=1S/C21H30F2N2O2/c1-14-12-17(22)13-18(23)19(14)16-4-2-15(3-5-16)6-9-25-21(20(24)26)7-10-27-11-8-21/h12-13,15-16,25H,2-11H2,1H3,(H2,24,26)/t15-,16-. The number of ether oxygens (including phenoxy) is 1. The van der Waals surface area contributed by atoms with Crippen LogP contribution in [0.2, 0.25) is 0 Å². The van der Waals surface area contributed by atoms with Gasteiger partial charge in [-0.2, -0.15) is 0 Å². The van der Waals surface area contributed by atoms with Crippen LogP contribution in [-0.4, -0.2) is 31.2 Å².